The number of fused-ring (bicyclic) bond motifs is 3. The lowest BCUT2D eigenvalue weighted by atomic mass is 9.89. The standard InChI is InChI=1S/C16H17NO2/c1-3-19-16(18)11-8-9-14-15(10(11)2)12-6-4-5-7-13(12)17-14/h4-7,17H,3,8-9H2,1-2H3. The molecule has 0 spiro atoms. The van der Waals surface area contributed by atoms with Crippen LogP contribution in [-0.4, -0.2) is 17.6 Å². The summed E-state index contributed by atoms with van der Waals surface area (Å²) in [7, 11) is 0. The number of hydrogen-bond donors (Lipinski definition) is 1. The summed E-state index contributed by atoms with van der Waals surface area (Å²) >= 11 is 0. The average Bonchev–Trinajstić information content (AvgIpc) is 2.78. The zero-order valence-electron chi connectivity index (χ0n) is 11.2. The van der Waals surface area contributed by atoms with Gasteiger partial charge in [0.05, 0.1) is 6.61 Å². The number of ether oxygens (including phenoxy) is 1. The minimum absolute atomic E-state index is 0.170. The average molecular weight is 255 g/mol. The number of allylic oxidation sites excluding steroid dienone is 1. The number of carbonyl (C=O) groups excluding carboxylic acids is 1. The maximum absolute atomic E-state index is 12.0. The van der Waals surface area contributed by atoms with Crippen molar-refractivity contribution in [3.63, 3.8) is 0 Å². The zero-order valence-corrected chi connectivity index (χ0v) is 11.2. The van der Waals surface area contributed by atoms with Crippen LogP contribution in [0.4, 0.5) is 0 Å². The van der Waals surface area contributed by atoms with E-state index in [1.807, 2.05) is 26.0 Å². The van der Waals surface area contributed by atoms with Crippen LogP contribution in [0.1, 0.15) is 31.5 Å². The summed E-state index contributed by atoms with van der Waals surface area (Å²) in [5.41, 5.74) is 5.42. The van der Waals surface area contributed by atoms with Crippen molar-refractivity contribution < 1.29 is 9.53 Å². The van der Waals surface area contributed by atoms with E-state index in [4.69, 9.17) is 4.74 Å². The molecule has 0 saturated carbocycles. The van der Waals surface area contributed by atoms with Crippen molar-refractivity contribution in [3.05, 3.63) is 41.1 Å². The van der Waals surface area contributed by atoms with E-state index in [0.29, 0.717) is 6.61 Å². The Balaban J connectivity index is 2.17. The molecule has 0 radical (unpaired) electrons. The Kier molecular flexibility index (Phi) is 2.90. The topological polar surface area (TPSA) is 42.1 Å². The second kappa shape index (κ2) is 4.57. The molecule has 2 aromatic rings. The normalized spacial score (nSPS) is 14.6. The van der Waals surface area contributed by atoms with Crippen LogP contribution >= 0.6 is 0 Å². The minimum Gasteiger partial charge on any atom is -0.463 e. The van der Waals surface area contributed by atoms with Crippen LogP contribution in [0.5, 0.6) is 0 Å². The number of para-hydroxylation sites is 1. The van der Waals surface area contributed by atoms with Crippen molar-refractivity contribution in [1.29, 1.82) is 0 Å². The molecule has 0 atom stereocenters. The van der Waals surface area contributed by atoms with Crippen LogP contribution in [0.2, 0.25) is 0 Å². The summed E-state index contributed by atoms with van der Waals surface area (Å²) in [6.07, 6.45) is 1.62. The monoisotopic (exact) mass is 255 g/mol. The van der Waals surface area contributed by atoms with Gasteiger partial charge in [-0.15, -0.1) is 0 Å². The number of esters is 1. The predicted molar refractivity (Wildman–Crippen MR) is 75.8 cm³/mol. The molecule has 0 unspecified atom stereocenters. The van der Waals surface area contributed by atoms with Crippen LogP contribution < -0.4 is 0 Å². The summed E-state index contributed by atoms with van der Waals surface area (Å²) in [5, 5.41) is 1.19. The highest BCUT2D eigenvalue weighted by molar-refractivity contribution is 6.04. The Morgan fingerprint density at radius 1 is 1.32 bits per heavy atom. The fraction of sp³-hybridized carbons (Fsp3) is 0.312. The molecule has 3 rings (SSSR count). The van der Waals surface area contributed by atoms with Gasteiger partial charge in [0.1, 0.15) is 0 Å². The largest absolute Gasteiger partial charge is 0.463 e. The number of benzene rings is 1. The third-order valence-electron chi connectivity index (χ3n) is 3.76. The predicted octanol–water partition coefficient (Wildman–Crippen LogP) is 3.45. The SMILES string of the molecule is CCOC(=O)C1=C(C)c2c([nH]c3ccccc23)CC1. The number of nitrogens with one attached hydrogen (secondary N) is 1. The van der Waals surface area contributed by atoms with E-state index in [1.54, 1.807) is 0 Å². The lowest BCUT2D eigenvalue weighted by Crippen LogP contribution is -2.13. The van der Waals surface area contributed by atoms with Crippen molar-refractivity contribution in [2.45, 2.75) is 26.7 Å². The van der Waals surface area contributed by atoms with E-state index in [9.17, 15) is 4.79 Å². The quantitative estimate of drug-likeness (QED) is 0.835. The fourth-order valence-electron chi connectivity index (χ4n) is 2.88. The number of aromatic amines is 1. The second-order valence-corrected chi connectivity index (χ2v) is 4.85. The summed E-state index contributed by atoms with van der Waals surface area (Å²) in [5.74, 6) is -0.170. The van der Waals surface area contributed by atoms with E-state index < -0.39 is 0 Å². The molecule has 1 heterocycles. The van der Waals surface area contributed by atoms with E-state index in [0.717, 1.165) is 29.5 Å². The molecule has 3 nitrogen and oxygen atoms in total. The summed E-state index contributed by atoms with van der Waals surface area (Å²) in [4.78, 5) is 15.4. The molecule has 19 heavy (non-hydrogen) atoms. The van der Waals surface area contributed by atoms with Gasteiger partial charge in [0.15, 0.2) is 0 Å². The molecule has 1 aromatic carbocycles. The lowest BCUT2D eigenvalue weighted by Gasteiger charge is -2.17. The molecule has 1 aromatic heterocycles. The first-order valence-corrected chi connectivity index (χ1v) is 6.69. The zero-order chi connectivity index (χ0) is 13.4. The van der Waals surface area contributed by atoms with Gasteiger partial charge >= 0.3 is 5.97 Å². The summed E-state index contributed by atoms with van der Waals surface area (Å²) in [6, 6.07) is 8.23. The number of aryl methyl sites for hydroxylation is 1. The second-order valence-electron chi connectivity index (χ2n) is 4.85. The smallest absolute Gasteiger partial charge is 0.334 e. The number of hydrogen-bond acceptors (Lipinski definition) is 2. The maximum atomic E-state index is 12.0. The molecule has 1 N–H and O–H groups in total. The maximum Gasteiger partial charge on any atom is 0.334 e. The lowest BCUT2D eigenvalue weighted by molar-refractivity contribution is -0.138. The van der Waals surface area contributed by atoms with Crippen molar-refractivity contribution in [2.24, 2.45) is 0 Å². The third kappa shape index (κ3) is 1.86. The Morgan fingerprint density at radius 3 is 2.89 bits per heavy atom. The van der Waals surface area contributed by atoms with Gasteiger partial charge in [-0.3, -0.25) is 0 Å². The van der Waals surface area contributed by atoms with Crippen molar-refractivity contribution >= 4 is 22.4 Å². The van der Waals surface area contributed by atoms with Gasteiger partial charge < -0.3 is 9.72 Å². The fourth-order valence-corrected chi connectivity index (χ4v) is 2.88. The molecule has 98 valence electrons. The molecular weight excluding hydrogens is 238 g/mol. The van der Waals surface area contributed by atoms with E-state index in [1.165, 1.54) is 16.6 Å². The Morgan fingerprint density at radius 2 is 2.11 bits per heavy atom. The number of rotatable bonds is 2. The first-order valence-electron chi connectivity index (χ1n) is 6.69. The van der Waals surface area contributed by atoms with Crippen LogP contribution in [0.25, 0.3) is 16.5 Å². The van der Waals surface area contributed by atoms with Gasteiger partial charge in [-0.25, -0.2) is 4.79 Å². The molecule has 0 bridgehead atoms. The number of aromatic nitrogens is 1. The van der Waals surface area contributed by atoms with Crippen LogP contribution in [-0.2, 0) is 16.0 Å². The Hall–Kier alpha value is -2.03. The molecule has 0 fully saturated rings. The number of carbonyl (C=O) groups is 1. The van der Waals surface area contributed by atoms with Crippen LogP contribution in [0.15, 0.2) is 29.8 Å². The third-order valence-corrected chi connectivity index (χ3v) is 3.76. The minimum atomic E-state index is -0.170. The molecule has 0 saturated heterocycles. The highest BCUT2D eigenvalue weighted by Gasteiger charge is 2.24. The van der Waals surface area contributed by atoms with Gasteiger partial charge in [0, 0.05) is 27.7 Å². The van der Waals surface area contributed by atoms with Crippen molar-refractivity contribution in [3.8, 4) is 0 Å². The van der Waals surface area contributed by atoms with Gasteiger partial charge in [-0.1, -0.05) is 18.2 Å². The molecule has 0 aliphatic heterocycles. The van der Waals surface area contributed by atoms with E-state index in [-0.39, 0.29) is 5.97 Å². The van der Waals surface area contributed by atoms with Gasteiger partial charge in [-0.2, -0.15) is 0 Å². The Labute approximate surface area is 112 Å². The number of H-pyrrole nitrogens is 1. The molecule has 3 heteroatoms. The highest BCUT2D eigenvalue weighted by Crippen LogP contribution is 2.36. The molecule has 1 aliphatic carbocycles. The highest BCUT2D eigenvalue weighted by atomic mass is 16.5. The van der Waals surface area contributed by atoms with Gasteiger partial charge in [-0.05, 0) is 38.3 Å². The molecular formula is C16H17NO2. The molecule has 0 amide bonds. The van der Waals surface area contributed by atoms with Gasteiger partial charge in [0.2, 0.25) is 0 Å². The summed E-state index contributed by atoms with van der Waals surface area (Å²) < 4.78 is 5.15. The van der Waals surface area contributed by atoms with Gasteiger partial charge in [0.25, 0.3) is 0 Å². The Bertz CT molecular complexity index is 679. The van der Waals surface area contributed by atoms with Crippen LogP contribution in [0, 0.1) is 0 Å². The van der Waals surface area contributed by atoms with Crippen molar-refractivity contribution in [1.82, 2.24) is 4.98 Å². The molecule has 1 aliphatic rings. The first kappa shape index (κ1) is 12.0. The summed E-state index contributed by atoms with van der Waals surface area (Å²) in [6.45, 7) is 4.29. The van der Waals surface area contributed by atoms with Crippen LogP contribution in [0.3, 0.4) is 0 Å². The first-order chi connectivity index (χ1) is 9.22. The van der Waals surface area contributed by atoms with E-state index >= 15 is 0 Å². The van der Waals surface area contributed by atoms with Crippen molar-refractivity contribution in [2.75, 3.05) is 6.61 Å². The van der Waals surface area contributed by atoms with E-state index in [2.05, 4.69) is 17.1 Å².